The van der Waals surface area contributed by atoms with Gasteiger partial charge < -0.3 is 29.8 Å². The van der Waals surface area contributed by atoms with Gasteiger partial charge in [-0.1, -0.05) is 18.2 Å². The Balaban J connectivity index is 1.57. The molecule has 0 unspecified atom stereocenters. The molecule has 0 saturated heterocycles. The summed E-state index contributed by atoms with van der Waals surface area (Å²) in [6, 6.07) is 12.8. The number of anilines is 3. The van der Waals surface area contributed by atoms with E-state index in [1.54, 1.807) is 46.6 Å². The lowest BCUT2D eigenvalue weighted by Gasteiger charge is -2.20. The third-order valence-corrected chi connectivity index (χ3v) is 7.04. The first kappa shape index (κ1) is 26.0. The van der Waals surface area contributed by atoms with Gasteiger partial charge in [0.05, 0.1) is 39.0 Å². The van der Waals surface area contributed by atoms with Crippen LogP contribution in [0.2, 0.25) is 0 Å². The lowest BCUT2D eigenvalue weighted by atomic mass is 10.1. The smallest absolute Gasteiger partial charge is 0.232 e. The van der Waals surface area contributed by atoms with Crippen LogP contribution in [0.1, 0.15) is 11.3 Å². The van der Waals surface area contributed by atoms with Crippen LogP contribution in [-0.4, -0.2) is 58.0 Å². The van der Waals surface area contributed by atoms with E-state index < -0.39 is 10.0 Å². The monoisotopic (exact) mass is 526 g/mol. The van der Waals surface area contributed by atoms with Crippen LogP contribution >= 0.6 is 0 Å². The van der Waals surface area contributed by atoms with Crippen LogP contribution in [-0.2, 0) is 23.1 Å². The van der Waals surface area contributed by atoms with Crippen molar-refractivity contribution in [3.8, 4) is 17.2 Å². The summed E-state index contributed by atoms with van der Waals surface area (Å²) in [5.74, 6) is 1.89. The number of aromatic nitrogens is 3. The molecule has 0 aliphatic rings. The molecule has 2 aromatic carbocycles. The number of nitrogens with one attached hydrogen (secondary N) is 3. The van der Waals surface area contributed by atoms with Gasteiger partial charge >= 0.3 is 0 Å². The summed E-state index contributed by atoms with van der Waals surface area (Å²) in [6.45, 7) is 0.874. The molecule has 11 nitrogen and oxygen atoms in total. The first-order valence-electron chi connectivity index (χ1n) is 11.4. The van der Waals surface area contributed by atoms with Crippen molar-refractivity contribution in [3.05, 3.63) is 59.9 Å². The lowest BCUT2D eigenvalue weighted by Crippen LogP contribution is -2.27. The fraction of sp³-hybridized carbons (Fsp3) is 0.280. The number of methoxy groups -OCH3 is 3. The molecule has 0 spiro atoms. The highest BCUT2D eigenvalue weighted by molar-refractivity contribution is 7.92. The van der Waals surface area contributed by atoms with Crippen molar-refractivity contribution in [1.29, 1.82) is 0 Å². The largest absolute Gasteiger partial charge is 0.493 e. The molecule has 0 atom stereocenters. The summed E-state index contributed by atoms with van der Waals surface area (Å²) in [4.78, 5) is 12.4. The maximum Gasteiger partial charge on any atom is 0.232 e. The van der Waals surface area contributed by atoms with Crippen molar-refractivity contribution in [2.45, 2.75) is 13.1 Å². The number of hydrogen-bond acceptors (Lipinski definition) is 9. The molecule has 2 aromatic heterocycles. The number of para-hydroxylation sites is 1. The van der Waals surface area contributed by atoms with Gasteiger partial charge in [0.1, 0.15) is 5.65 Å². The van der Waals surface area contributed by atoms with Crippen LogP contribution < -0.4 is 29.1 Å². The Labute approximate surface area is 215 Å². The minimum Gasteiger partial charge on any atom is -0.493 e. The van der Waals surface area contributed by atoms with Gasteiger partial charge in [0.25, 0.3) is 0 Å². The molecule has 0 amide bonds. The highest BCUT2D eigenvalue weighted by atomic mass is 32.2. The Bertz CT molecular complexity index is 1480. The van der Waals surface area contributed by atoms with Crippen LogP contribution in [0.5, 0.6) is 17.2 Å². The molecular weight excluding hydrogens is 496 g/mol. The van der Waals surface area contributed by atoms with Crippen molar-refractivity contribution >= 4 is 38.4 Å². The Morgan fingerprint density at radius 3 is 2.32 bits per heavy atom. The van der Waals surface area contributed by atoms with E-state index in [0.29, 0.717) is 53.3 Å². The van der Waals surface area contributed by atoms with Crippen LogP contribution in [0.3, 0.4) is 0 Å². The van der Waals surface area contributed by atoms with Crippen molar-refractivity contribution in [3.63, 3.8) is 0 Å². The van der Waals surface area contributed by atoms with E-state index in [4.69, 9.17) is 19.2 Å². The molecule has 2 heterocycles. The Morgan fingerprint density at radius 2 is 1.68 bits per heavy atom. The van der Waals surface area contributed by atoms with Gasteiger partial charge in [-0.3, -0.25) is 4.31 Å². The molecule has 0 saturated carbocycles. The fourth-order valence-electron chi connectivity index (χ4n) is 3.94. The number of rotatable bonds is 11. The standard InChI is InChI=1S/C25H30N6O5S/c1-31(37(5,32)33)20-9-7-6-8-16(20)14-26-15-19-18-10-11-27-24(18)30-25(29-19)28-17-12-21(34-2)23(36-4)22(13-17)35-3/h6-13,26H,14-15H2,1-5H3,(H2,27,28,29,30). The van der Waals surface area contributed by atoms with Crippen molar-refractivity contribution in [1.82, 2.24) is 20.3 Å². The number of sulfonamides is 1. The van der Waals surface area contributed by atoms with Crippen LogP contribution in [0.4, 0.5) is 17.3 Å². The molecule has 12 heteroatoms. The zero-order valence-electron chi connectivity index (χ0n) is 21.3. The van der Waals surface area contributed by atoms with Gasteiger partial charge in [-0.15, -0.1) is 0 Å². The first-order valence-corrected chi connectivity index (χ1v) is 13.2. The molecule has 4 rings (SSSR count). The number of benzene rings is 2. The van der Waals surface area contributed by atoms with Crippen molar-refractivity contribution in [2.75, 3.05) is 44.3 Å². The van der Waals surface area contributed by atoms with E-state index in [1.807, 2.05) is 30.5 Å². The molecular formula is C25H30N6O5S. The molecule has 0 bridgehead atoms. The fourth-order valence-corrected chi connectivity index (χ4v) is 4.48. The topological polar surface area (TPSA) is 131 Å². The van der Waals surface area contributed by atoms with Crippen LogP contribution in [0, 0.1) is 0 Å². The Kier molecular flexibility index (Phi) is 7.69. The minimum atomic E-state index is -3.38. The second kappa shape index (κ2) is 10.9. The number of aromatic amines is 1. The number of hydrogen-bond donors (Lipinski definition) is 3. The third-order valence-electron chi connectivity index (χ3n) is 5.85. The average Bonchev–Trinajstić information content (AvgIpc) is 3.36. The lowest BCUT2D eigenvalue weighted by molar-refractivity contribution is 0.324. The quantitative estimate of drug-likeness (QED) is 0.269. The van der Waals surface area contributed by atoms with Crippen molar-refractivity contribution in [2.24, 2.45) is 0 Å². The van der Waals surface area contributed by atoms with Gasteiger partial charge in [0.15, 0.2) is 11.5 Å². The van der Waals surface area contributed by atoms with Gasteiger partial charge in [-0.25, -0.2) is 13.4 Å². The van der Waals surface area contributed by atoms with Crippen LogP contribution in [0.25, 0.3) is 11.0 Å². The van der Waals surface area contributed by atoms with Crippen molar-refractivity contribution < 1.29 is 22.6 Å². The van der Waals surface area contributed by atoms with E-state index >= 15 is 0 Å². The zero-order valence-corrected chi connectivity index (χ0v) is 22.1. The molecule has 4 aromatic rings. The average molecular weight is 527 g/mol. The summed E-state index contributed by atoms with van der Waals surface area (Å²) in [5, 5.41) is 7.48. The van der Waals surface area contributed by atoms with E-state index in [0.717, 1.165) is 16.6 Å². The summed E-state index contributed by atoms with van der Waals surface area (Å²) in [6.07, 6.45) is 2.99. The number of fused-ring (bicyclic) bond motifs is 1. The molecule has 37 heavy (non-hydrogen) atoms. The van der Waals surface area contributed by atoms with E-state index in [9.17, 15) is 8.42 Å². The SMILES string of the molecule is COc1cc(Nc2nc(CNCc3ccccc3N(C)S(C)(=O)=O)c3cc[nH]c3n2)cc(OC)c1OC. The second-order valence-corrected chi connectivity index (χ2v) is 10.2. The van der Waals surface area contributed by atoms with E-state index in [1.165, 1.54) is 10.6 Å². The van der Waals surface area contributed by atoms with Gasteiger partial charge in [0.2, 0.25) is 21.7 Å². The molecule has 0 radical (unpaired) electrons. The summed E-state index contributed by atoms with van der Waals surface area (Å²) < 4.78 is 41.7. The van der Waals surface area contributed by atoms with Gasteiger partial charge in [-0.05, 0) is 17.7 Å². The Hall–Kier alpha value is -4.03. The van der Waals surface area contributed by atoms with Crippen LogP contribution in [0.15, 0.2) is 48.7 Å². The first-order chi connectivity index (χ1) is 17.7. The number of nitrogens with zero attached hydrogens (tertiary/aromatic N) is 3. The third kappa shape index (κ3) is 5.70. The predicted molar refractivity (Wildman–Crippen MR) is 144 cm³/mol. The second-order valence-electron chi connectivity index (χ2n) is 8.24. The maximum absolute atomic E-state index is 12.1. The van der Waals surface area contributed by atoms with Gasteiger partial charge in [-0.2, -0.15) is 4.98 Å². The Morgan fingerprint density at radius 1 is 0.973 bits per heavy atom. The molecule has 0 fully saturated rings. The van der Waals surface area contributed by atoms with Gasteiger partial charge in [0, 0.05) is 49.5 Å². The predicted octanol–water partition coefficient (Wildman–Crippen LogP) is 3.41. The summed E-state index contributed by atoms with van der Waals surface area (Å²) in [5.41, 5.74) is 3.59. The normalized spacial score (nSPS) is 11.4. The summed E-state index contributed by atoms with van der Waals surface area (Å²) >= 11 is 0. The zero-order chi connectivity index (χ0) is 26.6. The molecule has 196 valence electrons. The van der Waals surface area contributed by atoms with E-state index in [2.05, 4.69) is 20.6 Å². The highest BCUT2D eigenvalue weighted by Gasteiger charge is 2.17. The number of H-pyrrole nitrogens is 1. The molecule has 0 aliphatic heterocycles. The summed E-state index contributed by atoms with van der Waals surface area (Å²) in [7, 11) is 2.82. The van der Waals surface area contributed by atoms with E-state index in [-0.39, 0.29) is 0 Å². The molecule has 0 aliphatic carbocycles. The maximum atomic E-state index is 12.1. The minimum absolute atomic E-state index is 0.387. The number of ether oxygens (including phenoxy) is 3. The molecule has 3 N–H and O–H groups in total. The highest BCUT2D eigenvalue weighted by Crippen LogP contribution is 2.40.